The molecule has 12 nitrogen and oxygen atoms in total. The second-order valence-corrected chi connectivity index (χ2v) is 12.1. The highest BCUT2D eigenvalue weighted by molar-refractivity contribution is 7.90. The van der Waals surface area contributed by atoms with E-state index in [4.69, 9.17) is 4.74 Å². The number of carbonyl (C=O) groups excluding carboxylic acids is 1. The molecule has 0 aliphatic heterocycles. The van der Waals surface area contributed by atoms with E-state index in [1.807, 2.05) is 20.8 Å². The van der Waals surface area contributed by atoms with Crippen molar-refractivity contribution in [2.24, 2.45) is 5.92 Å². The number of carbonyl (C=O) groups is 1. The maximum absolute atomic E-state index is 12.0. The third-order valence-electron chi connectivity index (χ3n) is 5.90. The number of nitrogens with one attached hydrogen (secondary N) is 3. The van der Waals surface area contributed by atoms with E-state index in [1.165, 1.54) is 6.07 Å². The summed E-state index contributed by atoms with van der Waals surface area (Å²) < 4.78 is 29.4. The minimum Gasteiger partial charge on any atom is -0.444 e. The number of anilines is 2. The van der Waals surface area contributed by atoms with Crippen molar-refractivity contribution in [3.8, 4) is 0 Å². The zero-order valence-electron chi connectivity index (χ0n) is 21.5. The highest BCUT2D eigenvalue weighted by atomic mass is 32.2. The zero-order chi connectivity index (χ0) is 27.2. The first-order valence-corrected chi connectivity index (χ1v) is 14.0. The van der Waals surface area contributed by atoms with Crippen molar-refractivity contribution in [2.45, 2.75) is 69.5 Å². The second-order valence-electron chi connectivity index (χ2n) is 10.2. The number of rotatable bonds is 9. The molecule has 13 heteroatoms. The van der Waals surface area contributed by atoms with E-state index in [0.29, 0.717) is 12.1 Å². The number of ether oxygens (including phenoxy) is 1. The minimum atomic E-state index is -3.42. The van der Waals surface area contributed by atoms with Crippen LogP contribution in [0.25, 0.3) is 0 Å². The Kier molecular flexibility index (Phi) is 8.89. The standard InChI is InChI=1S/C24H34N6O6S/c1-24(2,3)36-23(31)28-18-11-9-16(10-12-18)13-25-21-19(30(32)33)15-27-22(29-21)26-14-17-7-5-6-8-20(17)37(4,34)35/h5-8,15-16,18H,9-14H2,1-4H3,(H,28,31)(H2,25,26,27,29)/t16-,18-. The molecule has 1 amide bonds. The zero-order valence-corrected chi connectivity index (χ0v) is 22.3. The maximum Gasteiger partial charge on any atom is 0.407 e. The monoisotopic (exact) mass is 534 g/mol. The van der Waals surface area contributed by atoms with E-state index in [0.717, 1.165) is 38.1 Å². The molecule has 1 fully saturated rings. The number of amides is 1. The summed E-state index contributed by atoms with van der Waals surface area (Å²) in [6.07, 6.45) is 5.07. The van der Waals surface area contributed by atoms with Gasteiger partial charge in [0.25, 0.3) is 0 Å². The van der Waals surface area contributed by atoms with Crippen LogP contribution in [0.15, 0.2) is 35.4 Å². The normalized spacial score (nSPS) is 18.1. The van der Waals surface area contributed by atoms with Crippen LogP contribution in [-0.4, -0.2) is 53.8 Å². The molecule has 0 saturated heterocycles. The Morgan fingerprint density at radius 3 is 2.46 bits per heavy atom. The molecule has 0 unspecified atom stereocenters. The molecule has 0 spiro atoms. The lowest BCUT2D eigenvalue weighted by Crippen LogP contribution is -2.41. The van der Waals surface area contributed by atoms with Crippen LogP contribution in [0.5, 0.6) is 0 Å². The van der Waals surface area contributed by atoms with Gasteiger partial charge in [-0.2, -0.15) is 4.98 Å². The summed E-state index contributed by atoms with van der Waals surface area (Å²) in [5.74, 6) is 0.485. The molecule has 1 aliphatic carbocycles. The van der Waals surface area contributed by atoms with Crippen molar-refractivity contribution in [3.05, 3.63) is 46.1 Å². The average molecular weight is 535 g/mol. The van der Waals surface area contributed by atoms with Gasteiger partial charge in [-0.05, 0) is 64.0 Å². The predicted octanol–water partition coefficient (Wildman–Crippen LogP) is 3.90. The van der Waals surface area contributed by atoms with Gasteiger partial charge in [-0.1, -0.05) is 18.2 Å². The molecule has 1 aromatic heterocycles. The first-order valence-electron chi connectivity index (χ1n) is 12.1. The van der Waals surface area contributed by atoms with Crippen molar-refractivity contribution in [3.63, 3.8) is 0 Å². The van der Waals surface area contributed by atoms with Gasteiger partial charge in [0.1, 0.15) is 11.8 Å². The van der Waals surface area contributed by atoms with Crippen molar-refractivity contribution in [1.82, 2.24) is 15.3 Å². The summed E-state index contributed by atoms with van der Waals surface area (Å²) in [5, 5.41) is 20.5. The van der Waals surface area contributed by atoms with Crippen molar-refractivity contribution in [1.29, 1.82) is 0 Å². The molecule has 0 bridgehead atoms. The van der Waals surface area contributed by atoms with Crippen LogP contribution in [0.3, 0.4) is 0 Å². The van der Waals surface area contributed by atoms with Gasteiger partial charge < -0.3 is 20.7 Å². The highest BCUT2D eigenvalue weighted by Gasteiger charge is 2.26. The van der Waals surface area contributed by atoms with Crippen molar-refractivity contribution < 1.29 is 22.9 Å². The van der Waals surface area contributed by atoms with Crippen molar-refractivity contribution in [2.75, 3.05) is 23.4 Å². The molecule has 37 heavy (non-hydrogen) atoms. The number of hydrogen-bond donors (Lipinski definition) is 3. The number of sulfone groups is 1. The summed E-state index contributed by atoms with van der Waals surface area (Å²) in [6.45, 7) is 6.06. The van der Waals surface area contributed by atoms with Gasteiger partial charge in [-0.15, -0.1) is 0 Å². The fraction of sp³-hybridized carbons (Fsp3) is 0.542. The SMILES string of the molecule is CC(C)(C)OC(=O)N[C@H]1CC[C@H](CNc2nc(NCc3ccccc3S(C)(=O)=O)ncc2[N+](=O)[O-])CC1. The minimum absolute atomic E-state index is 0.0325. The van der Waals surface area contributed by atoms with E-state index in [9.17, 15) is 23.3 Å². The van der Waals surface area contributed by atoms with Gasteiger partial charge in [0, 0.05) is 25.4 Å². The lowest BCUT2D eigenvalue weighted by Gasteiger charge is -2.30. The molecular weight excluding hydrogens is 500 g/mol. The van der Waals surface area contributed by atoms with Crippen molar-refractivity contribution >= 4 is 33.4 Å². The Bertz CT molecular complexity index is 1220. The van der Waals surface area contributed by atoms with Crippen LogP contribution in [0.1, 0.15) is 52.0 Å². The molecule has 2 aromatic rings. The lowest BCUT2D eigenvalue weighted by molar-refractivity contribution is -0.384. The van der Waals surface area contributed by atoms with Crippen LogP contribution >= 0.6 is 0 Å². The lowest BCUT2D eigenvalue weighted by atomic mass is 9.86. The van der Waals surface area contributed by atoms with E-state index in [2.05, 4.69) is 25.9 Å². The Balaban J connectivity index is 1.59. The summed E-state index contributed by atoms with van der Waals surface area (Å²) in [7, 11) is -3.42. The number of alkyl carbamates (subject to hydrolysis) is 1. The van der Waals surface area contributed by atoms with Crippen LogP contribution in [0.4, 0.5) is 22.2 Å². The van der Waals surface area contributed by atoms with Gasteiger partial charge in [-0.3, -0.25) is 10.1 Å². The summed E-state index contributed by atoms with van der Waals surface area (Å²) in [5.41, 5.74) is -0.261. The van der Waals surface area contributed by atoms with Gasteiger partial charge in [0.05, 0.1) is 9.82 Å². The van der Waals surface area contributed by atoms with E-state index >= 15 is 0 Å². The molecule has 3 rings (SSSR count). The highest BCUT2D eigenvalue weighted by Crippen LogP contribution is 2.27. The molecule has 0 radical (unpaired) electrons. The second kappa shape index (κ2) is 11.7. The smallest absolute Gasteiger partial charge is 0.407 e. The third kappa shape index (κ3) is 8.55. The fourth-order valence-electron chi connectivity index (χ4n) is 4.14. The van der Waals surface area contributed by atoms with Crippen LogP contribution in [0, 0.1) is 16.0 Å². The van der Waals surface area contributed by atoms with Crippen LogP contribution in [0.2, 0.25) is 0 Å². The molecule has 1 saturated carbocycles. The average Bonchev–Trinajstić information content (AvgIpc) is 2.80. The number of benzene rings is 1. The first-order chi connectivity index (χ1) is 17.3. The number of hydrogen-bond acceptors (Lipinski definition) is 10. The van der Waals surface area contributed by atoms with Gasteiger partial charge in [0.15, 0.2) is 9.84 Å². The first kappa shape index (κ1) is 28.1. The Hall–Kier alpha value is -3.48. The molecule has 1 heterocycles. The molecule has 3 N–H and O–H groups in total. The quantitative estimate of drug-likeness (QED) is 0.317. The number of aromatic nitrogens is 2. The Labute approximate surface area is 216 Å². The summed E-state index contributed by atoms with van der Waals surface area (Å²) >= 11 is 0. The summed E-state index contributed by atoms with van der Waals surface area (Å²) in [4.78, 5) is 31.5. The largest absolute Gasteiger partial charge is 0.444 e. The predicted molar refractivity (Wildman–Crippen MR) is 139 cm³/mol. The maximum atomic E-state index is 12.0. The third-order valence-corrected chi connectivity index (χ3v) is 7.10. The van der Waals surface area contributed by atoms with Gasteiger partial charge in [0.2, 0.25) is 11.8 Å². The van der Waals surface area contributed by atoms with E-state index < -0.39 is 26.5 Å². The molecule has 1 aliphatic rings. The molecule has 202 valence electrons. The topological polar surface area (TPSA) is 165 Å². The number of nitro groups is 1. The summed E-state index contributed by atoms with van der Waals surface area (Å²) in [6, 6.07) is 6.61. The molecular formula is C24H34N6O6S. The van der Waals surface area contributed by atoms with Gasteiger partial charge >= 0.3 is 11.8 Å². The van der Waals surface area contributed by atoms with E-state index in [1.54, 1.807) is 18.2 Å². The van der Waals surface area contributed by atoms with Crippen LogP contribution in [-0.2, 0) is 21.1 Å². The van der Waals surface area contributed by atoms with Gasteiger partial charge in [-0.25, -0.2) is 18.2 Å². The van der Waals surface area contributed by atoms with Crippen LogP contribution < -0.4 is 16.0 Å². The van der Waals surface area contributed by atoms with E-state index in [-0.39, 0.29) is 40.9 Å². The Morgan fingerprint density at radius 1 is 1.16 bits per heavy atom. The number of nitrogens with zero attached hydrogens (tertiary/aromatic N) is 3. The fourth-order valence-corrected chi connectivity index (χ4v) is 5.08. The molecule has 1 aromatic carbocycles. The Morgan fingerprint density at radius 2 is 1.84 bits per heavy atom. The molecule has 0 atom stereocenters.